The highest BCUT2D eigenvalue weighted by Gasteiger charge is 2.19. The second kappa shape index (κ2) is 54.5. The summed E-state index contributed by atoms with van der Waals surface area (Å²) in [6.07, 6.45) is 68.9. The largest absolute Gasteiger partial charge is 0.462 e. The number of esters is 3. The SMILES string of the molecule is CCC/C=C\CCCCCCCC(=O)OCC(COC(=O)CCCCCCCCCC/C=C\C/C=C\C/C=C\CCCCCCC)OC(=O)CCCCCCC/C=C\C/C=C\CCCCC. The molecule has 0 aliphatic heterocycles. The summed E-state index contributed by atoms with van der Waals surface area (Å²) in [7, 11) is 0. The zero-order valence-corrected chi connectivity index (χ0v) is 43.4. The average Bonchev–Trinajstić information content (AvgIpc) is 3.31. The molecule has 0 bridgehead atoms. The molecule has 0 saturated carbocycles. The molecule has 0 fully saturated rings. The number of rotatable bonds is 50. The zero-order chi connectivity index (χ0) is 47.9. The first-order valence-electron chi connectivity index (χ1n) is 27.9. The molecule has 0 rings (SSSR count). The molecule has 1 unspecified atom stereocenters. The normalized spacial score (nSPS) is 12.6. The number of allylic oxidation sites excluding steroid dienone is 12. The first-order valence-corrected chi connectivity index (χ1v) is 27.9. The Morgan fingerprint density at radius 1 is 0.303 bits per heavy atom. The third kappa shape index (κ3) is 51.8. The molecule has 0 N–H and O–H groups in total. The van der Waals surface area contributed by atoms with E-state index in [1.807, 2.05) is 0 Å². The van der Waals surface area contributed by atoms with Crippen LogP contribution >= 0.6 is 0 Å². The van der Waals surface area contributed by atoms with Gasteiger partial charge in [-0.25, -0.2) is 0 Å². The molecule has 66 heavy (non-hydrogen) atoms. The lowest BCUT2D eigenvalue weighted by atomic mass is 10.1. The summed E-state index contributed by atoms with van der Waals surface area (Å²) >= 11 is 0. The first-order chi connectivity index (χ1) is 32.5. The van der Waals surface area contributed by atoms with E-state index in [1.165, 1.54) is 116 Å². The summed E-state index contributed by atoms with van der Waals surface area (Å²) in [6.45, 7) is 6.52. The van der Waals surface area contributed by atoms with Gasteiger partial charge in [-0.3, -0.25) is 14.4 Å². The predicted molar refractivity (Wildman–Crippen MR) is 284 cm³/mol. The molecule has 0 aliphatic carbocycles. The Kier molecular flexibility index (Phi) is 51.9. The van der Waals surface area contributed by atoms with Crippen molar-refractivity contribution in [1.29, 1.82) is 0 Å². The summed E-state index contributed by atoms with van der Waals surface area (Å²) in [5.41, 5.74) is 0. The molecule has 0 heterocycles. The van der Waals surface area contributed by atoms with Crippen molar-refractivity contribution in [2.24, 2.45) is 0 Å². The third-order valence-corrected chi connectivity index (χ3v) is 11.9. The van der Waals surface area contributed by atoms with Gasteiger partial charge in [-0.1, -0.05) is 216 Å². The topological polar surface area (TPSA) is 78.9 Å². The molecule has 0 spiro atoms. The Hall–Kier alpha value is -3.15. The molecule has 1 atom stereocenters. The van der Waals surface area contributed by atoms with Gasteiger partial charge in [0.25, 0.3) is 0 Å². The van der Waals surface area contributed by atoms with E-state index in [9.17, 15) is 14.4 Å². The standard InChI is InChI=1S/C60H104O6/c1-4-7-10-13-16-19-22-24-26-27-28-29-30-31-32-33-35-36-38-41-44-47-50-53-59(62)65-56-57(55-64-58(61)52-49-46-43-40-21-18-15-12-9-6-3)66-60(63)54-51-48-45-42-39-37-34-25-23-20-17-14-11-8-5-2/h12,15,17,20,22,24-25,27-28,30-31,34,57H,4-11,13-14,16,18-19,21,23,26,29,32-33,35-56H2,1-3H3/b15-12-,20-17-,24-22-,28-27-,31-30-,34-25-. The number of carbonyl (C=O) groups is 3. The van der Waals surface area contributed by atoms with Gasteiger partial charge in [-0.05, 0) is 109 Å². The minimum Gasteiger partial charge on any atom is -0.462 e. The molecule has 6 nitrogen and oxygen atoms in total. The van der Waals surface area contributed by atoms with Crippen LogP contribution in [0.3, 0.4) is 0 Å². The lowest BCUT2D eigenvalue weighted by Gasteiger charge is -2.18. The molecule has 0 aromatic carbocycles. The van der Waals surface area contributed by atoms with Crippen LogP contribution in [0.15, 0.2) is 72.9 Å². The maximum Gasteiger partial charge on any atom is 0.306 e. The molecule has 6 heteroatoms. The molecule has 0 radical (unpaired) electrons. The van der Waals surface area contributed by atoms with Gasteiger partial charge in [0, 0.05) is 19.3 Å². The van der Waals surface area contributed by atoms with Gasteiger partial charge in [0.15, 0.2) is 6.10 Å². The first kappa shape index (κ1) is 62.8. The smallest absolute Gasteiger partial charge is 0.306 e. The van der Waals surface area contributed by atoms with E-state index < -0.39 is 6.10 Å². The second-order valence-corrected chi connectivity index (χ2v) is 18.5. The van der Waals surface area contributed by atoms with Gasteiger partial charge in [0.05, 0.1) is 0 Å². The van der Waals surface area contributed by atoms with Crippen molar-refractivity contribution in [3.63, 3.8) is 0 Å². The average molecular weight is 921 g/mol. The fourth-order valence-electron chi connectivity index (χ4n) is 7.66. The van der Waals surface area contributed by atoms with Crippen molar-refractivity contribution >= 4 is 17.9 Å². The van der Waals surface area contributed by atoms with Crippen LogP contribution in [0.5, 0.6) is 0 Å². The number of ether oxygens (including phenoxy) is 3. The summed E-state index contributed by atoms with van der Waals surface area (Å²) in [5, 5.41) is 0. The maximum absolute atomic E-state index is 12.8. The molecule has 0 aliphatic rings. The Morgan fingerprint density at radius 2 is 0.576 bits per heavy atom. The molecular weight excluding hydrogens is 817 g/mol. The fraction of sp³-hybridized carbons (Fsp3) is 0.750. The lowest BCUT2D eigenvalue weighted by Crippen LogP contribution is -2.30. The second-order valence-electron chi connectivity index (χ2n) is 18.5. The third-order valence-electron chi connectivity index (χ3n) is 11.9. The lowest BCUT2D eigenvalue weighted by molar-refractivity contribution is -0.167. The van der Waals surface area contributed by atoms with Crippen LogP contribution in [0.2, 0.25) is 0 Å². The fourth-order valence-corrected chi connectivity index (χ4v) is 7.66. The molecule has 0 aromatic heterocycles. The summed E-state index contributed by atoms with van der Waals surface area (Å²) < 4.78 is 16.8. The molecule has 0 saturated heterocycles. The highest BCUT2D eigenvalue weighted by molar-refractivity contribution is 5.71. The van der Waals surface area contributed by atoms with Crippen LogP contribution < -0.4 is 0 Å². The van der Waals surface area contributed by atoms with E-state index in [-0.39, 0.29) is 31.1 Å². The Balaban J connectivity index is 4.31. The Morgan fingerprint density at radius 3 is 0.955 bits per heavy atom. The van der Waals surface area contributed by atoms with Crippen molar-refractivity contribution in [3.8, 4) is 0 Å². The van der Waals surface area contributed by atoms with Crippen molar-refractivity contribution in [3.05, 3.63) is 72.9 Å². The van der Waals surface area contributed by atoms with Gasteiger partial charge in [-0.15, -0.1) is 0 Å². The van der Waals surface area contributed by atoms with E-state index in [1.54, 1.807) is 0 Å². The number of hydrogen-bond donors (Lipinski definition) is 0. The summed E-state index contributed by atoms with van der Waals surface area (Å²) in [6, 6.07) is 0. The Labute approximate surface area is 408 Å². The van der Waals surface area contributed by atoms with Crippen molar-refractivity contribution < 1.29 is 28.6 Å². The van der Waals surface area contributed by atoms with E-state index in [4.69, 9.17) is 14.2 Å². The Bertz CT molecular complexity index is 1240. The maximum atomic E-state index is 12.8. The van der Waals surface area contributed by atoms with Crippen molar-refractivity contribution in [2.75, 3.05) is 13.2 Å². The van der Waals surface area contributed by atoms with Crippen LogP contribution in [-0.4, -0.2) is 37.2 Å². The highest BCUT2D eigenvalue weighted by atomic mass is 16.6. The minimum atomic E-state index is -0.788. The van der Waals surface area contributed by atoms with Crippen molar-refractivity contribution in [1.82, 2.24) is 0 Å². The van der Waals surface area contributed by atoms with Crippen LogP contribution in [-0.2, 0) is 28.6 Å². The van der Waals surface area contributed by atoms with Crippen LogP contribution in [0.25, 0.3) is 0 Å². The van der Waals surface area contributed by atoms with Crippen LogP contribution in [0.1, 0.15) is 271 Å². The van der Waals surface area contributed by atoms with Gasteiger partial charge >= 0.3 is 17.9 Å². The molecule has 380 valence electrons. The van der Waals surface area contributed by atoms with Gasteiger partial charge in [0.1, 0.15) is 13.2 Å². The number of hydrogen-bond acceptors (Lipinski definition) is 6. The molecule has 0 amide bonds. The van der Waals surface area contributed by atoms with E-state index >= 15 is 0 Å². The van der Waals surface area contributed by atoms with E-state index in [0.29, 0.717) is 19.3 Å². The highest BCUT2D eigenvalue weighted by Crippen LogP contribution is 2.14. The quantitative estimate of drug-likeness (QED) is 0.0262. The van der Waals surface area contributed by atoms with Crippen molar-refractivity contribution in [2.45, 2.75) is 277 Å². The van der Waals surface area contributed by atoms with Crippen LogP contribution in [0.4, 0.5) is 0 Å². The van der Waals surface area contributed by atoms with Gasteiger partial charge in [-0.2, -0.15) is 0 Å². The summed E-state index contributed by atoms with van der Waals surface area (Å²) in [4.78, 5) is 38.0. The monoisotopic (exact) mass is 921 g/mol. The van der Waals surface area contributed by atoms with Gasteiger partial charge in [0.2, 0.25) is 0 Å². The molecular formula is C60H104O6. The predicted octanol–water partition coefficient (Wildman–Crippen LogP) is 18.6. The summed E-state index contributed by atoms with van der Waals surface area (Å²) in [5.74, 6) is -0.916. The van der Waals surface area contributed by atoms with Crippen LogP contribution in [0, 0.1) is 0 Å². The zero-order valence-electron chi connectivity index (χ0n) is 43.4. The number of unbranched alkanes of at least 4 members (excludes halogenated alkanes) is 27. The van der Waals surface area contributed by atoms with Gasteiger partial charge < -0.3 is 14.2 Å². The minimum absolute atomic E-state index is 0.0877. The molecule has 0 aromatic rings. The van der Waals surface area contributed by atoms with E-state index in [2.05, 4.69) is 93.7 Å². The number of carbonyl (C=O) groups excluding carboxylic acids is 3. The van der Waals surface area contributed by atoms with E-state index in [0.717, 1.165) is 116 Å².